The molecule has 1 rings (SSSR count). The lowest BCUT2D eigenvalue weighted by atomic mass is 9.98. The van der Waals surface area contributed by atoms with E-state index in [4.69, 9.17) is 0 Å². The minimum atomic E-state index is -3.44. The van der Waals surface area contributed by atoms with Gasteiger partial charge in [-0.2, -0.15) is 0 Å². The normalized spacial score (nSPS) is 12.7. The molecule has 0 fully saturated rings. The molecule has 1 aromatic carbocycles. The van der Waals surface area contributed by atoms with Gasteiger partial charge in [-0.15, -0.1) is 0 Å². The first-order valence-corrected chi connectivity index (χ1v) is 7.88. The van der Waals surface area contributed by atoms with Gasteiger partial charge in [0.15, 0.2) is 0 Å². The van der Waals surface area contributed by atoms with Crippen LogP contribution in [0.15, 0.2) is 23.1 Å². The highest BCUT2D eigenvalue weighted by Gasteiger charge is 2.20. The van der Waals surface area contributed by atoms with Crippen molar-refractivity contribution in [3.05, 3.63) is 29.3 Å². The van der Waals surface area contributed by atoms with Crippen molar-refractivity contribution in [3.8, 4) is 0 Å². The van der Waals surface area contributed by atoms with Crippen LogP contribution in [0.5, 0.6) is 0 Å². The van der Waals surface area contributed by atoms with Crippen LogP contribution < -0.4 is 10.0 Å². The summed E-state index contributed by atoms with van der Waals surface area (Å²) < 4.78 is 27.3. The Morgan fingerprint density at radius 2 is 1.84 bits per heavy atom. The standard InChI is InChI=1S/C14H24N2O2S/c1-11-12(9-15-5)7-6-8-13(11)19(17,18)16-10-14(2,3)4/h6-8,15-16H,9-10H2,1-5H3. The molecular weight excluding hydrogens is 260 g/mol. The van der Waals surface area contributed by atoms with Crippen LogP contribution in [0.25, 0.3) is 0 Å². The first-order valence-electron chi connectivity index (χ1n) is 6.40. The molecule has 0 atom stereocenters. The Morgan fingerprint density at radius 3 is 2.37 bits per heavy atom. The first-order chi connectivity index (χ1) is 8.67. The van der Waals surface area contributed by atoms with E-state index < -0.39 is 10.0 Å². The van der Waals surface area contributed by atoms with Crippen molar-refractivity contribution in [2.45, 2.75) is 39.1 Å². The van der Waals surface area contributed by atoms with Crippen LogP contribution in [-0.4, -0.2) is 22.0 Å². The Hall–Kier alpha value is -0.910. The van der Waals surface area contributed by atoms with E-state index >= 15 is 0 Å². The van der Waals surface area contributed by atoms with E-state index in [1.807, 2.05) is 40.8 Å². The maximum absolute atomic E-state index is 12.3. The van der Waals surface area contributed by atoms with Crippen LogP contribution in [0, 0.1) is 12.3 Å². The summed E-state index contributed by atoms with van der Waals surface area (Å²) in [6.45, 7) is 8.93. The van der Waals surface area contributed by atoms with Crippen molar-refractivity contribution in [1.82, 2.24) is 10.0 Å². The minimum Gasteiger partial charge on any atom is -0.316 e. The molecule has 0 aromatic heterocycles. The second-order valence-electron chi connectivity index (χ2n) is 5.96. The first kappa shape index (κ1) is 16.1. The van der Waals surface area contributed by atoms with Crippen molar-refractivity contribution < 1.29 is 8.42 Å². The van der Waals surface area contributed by atoms with E-state index in [2.05, 4.69) is 10.0 Å². The van der Waals surface area contributed by atoms with Crippen LogP contribution in [-0.2, 0) is 16.6 Å². The van der Waals surface area contributed by atoms with Crippen molar-refractivity contribution in [2.75, 3.05) is 13.6 Å². The SMILES string of the molecule is CNCc1cccc(S(=O)(=O)NCC(C)(C)C)c1C. The molecule has 5 heteroatoms. The summed E-state index contributed by atoms with van der Waals surface area (Å²) in [6, 6.07) is 5.37. The highest BCUT2D eigenvalue weighted by Crippen LogP contribution is 2.20. The number of sulfonamides is 1. The van der Waals surface area contributed by atoms with E-state index in [0.717, 1.165) is 11.1 Å². The van der Waals surface area contributed by atoms with Crippen molar-refractivity contribution in [3.63, 3.8) is 0 Å². The lowest BCUT2D eigenvalue weighted by molar-refractivity contribution is 0.407. The third-order valence-corrected chi connectivity index (χ3v) is 4.39. The number of benzene rings is 1. The molecule has 1 aromatic rings. The lowest BCUT2D eigenvalue weighted by Crippen LogP contribution is -2.32. The average Bonchev–Trinajstić information content (AvgIpc) is 2.29. The minimum absolute atomic E-state index is 0.0798. The fourth-order valence-electron chi connectivity index (χ4n) is 1.72. The quantitative estimate of drug-likeness (QED) is 0.870. The van der Waals surface area contributed by atoms with Gasteiger partial charge in [0.2, 0.25) is 10.0 Å². The van der Waals surface area contributed by atoms with Crippen LogP contribution >= 0.6 is 0 Å². The Bertz CT molecular complexity index is 531. The Balaban J connectivity index is 3.05. The zero-order valence-electron chi connectivity index (χ0n) is 12.4. The second-order valence-corrected chi connectivity index (χ2v) is 7.69. The van der Waals surface area contributed by atoms with Gasteiger partial charge in [-0.1, -0.05) is 32.9 Å². The van der Waals surface area contributed by atoms with Gasteiger partial charge in [0.25, 0.3) is 0 Å². The molecule has 0 amide bonds. The Labute approximate surface area is 116 Å². The summed E-state index contributed by atoms with van der Waals surface area (Å²) >= 11 is 0. The summed E-state index contributed by atoms with van der Waals surface area (Å²) in [6.07, 6.45) is 0. The van der Waals surface area contributed by atoms with Gasteiger partial charge in [-0.25, -0.2) is 13.1 Å². The maximum Gasteiger partial charge on any atom is 0.240 e. The van der Waals surface area contributed by atoms with Crippen molar-refractivity contribution in [1.29, 1.82) is 0 Å². The molecule has 108 valence electrons. The summed E-state index contributed by atoms with van der Waals surface area (Å²) in [5, 5.41) is 3.04. The third-order valence-electron chi connectivity index (χ3n) is 2.85. The van der Waals surface area contributed by atoms with E-state index in [1.165, 1.54) is 0 Å². The van der Waals surface area contributed by atoms with E-state index in [0.29, 0.717) is 18.0 Å². The molecule has 0 saturated heterocycles. The lowest BCUT2D eigenvalue weighted by Gasteiger charge is -2.20. The average molecular weight is 284 g/mol. The van der Waals surface area contributed by atoms with E-state index in [-0.39, 0.29) is 5.41 Å². The van der Waals surface area contributed by atoms with Gasteiger partial charge in [-0.3, -0.25) is 0 Å². The van der Waals surface area contributed by atoms with Gasteiger partial charge >= 0.3 is 0 Å². The van der Waals surface area contributed by atoms with Gasteiger partial charge in [0, 0.05) is 13.1 Å². The number of hydrogen-bond acceptors (Lipinski definition) is 3. The fraction of sp³-hybridized carbons (Fsp3) is 0.571. The van der Waals surface area contributed by atoms with Gasteiger partial charge < -0.3 is 5.32 Å². The topological polar surface area (TPSA) is 58.2 Å². The number of hydrogen-bond donors (Lipinski definition) is 2. The number of nitrogens with one attached hydrogen (secondary N) is 2. The Morgan fingerprint density at radius 1 is 1.21 bits per heavy atom. The smallest absolute Gasteiger partial charge is 0.240 e. The molecule has 0 saturated carbocycles. The molecule has 0 aliphatic rings. The summed E-state index contributed by atoms with van der Waals surface area (Å²) in [5.41, 5.74) is 1.73. The molecule has 19 heavy (non-hydrogen) atoms. The fourth-order valence-corrected chi connectivity index (χ4v) is 3.29. The largest absolute Gasteiger partial charge is 0.316 e. The van der Waals surface area contributed by atoms with Crippen LogP contribution in [0.1, 0.15) is 31.9 Å². The molecule has 0 aliphatic heterocycles. The molecule has 4 nitrogen and oxygen atoms in total. The molecular formula is C14H24N2O2S. The molecule has 0 unspecified atom stereocenters. The summed E-state index contributed by atoms with van der Waals surface area (Å²) in [7, 11) is -1.60. The van der Waals surface area contributed by atoms with Gasteiger partial charge in [0.1, 0.15) is 0 Å². The summed E-state index contributed by atoms with van der Waals surface area (Å²) in [5.74, 6) is 0. The third kappa shape index (κ3) is 4.60. The van der Waals surface area contributed by atoms with Crippen molar-refractivity contribution in [2.24, 2.45) is 5.41 Å². The predicted octanol–water partition coefficient (Wildman–Crippen LogP) is 2.04. The predicted molar refractivity (Wildman–Crippen MR) is 78.6 cm³/mol. The summed E-state index contributed by atoms with van der Waals surface area (Å²) in [4.78, 5) is 0.365. The second kappa shape index (κ2) is 6.03. The van der Waals surface area contributed by atoms with Gasteiger partial charge in [0.05, 0.1) is 4.90 Å². The maximum atomic E-state index is 12.3. The van der Waals surface area contributed by atoms with E-state index in [1.54, 1.807) is 12.1 Å². The molecule has 0 radical (unpaired) electrons. The van der Waals surface area contributed by atoms with E-state index in [9.17, 15) is 8.42 Å². The highest BCUT2D eigenvalue weighted by molar-refractivity contribution is 7.89. The van der Waals surface area contributed by atoms with Crippen LogP contribution in [0.2, 0.25) is 0 Å². The highest BCUT2D eigenvalue weighted by atomic mass is 32.2. The molecule has 0 aliphatic carbocycles. The monoisotopic (exact) mass is 284 g/mol. The zero-order chi connectivity index (χ0) is 14.7. The molecule has 0 bridgehead atoms. The number of rotatable bonds is 5. The molecule has 0 spiro atoms. The van der Waals surface area contributed by atoms with Crippen LogP contribution in [0.3, 0.4) is 0 Å². The van der Waals surface area contributed by atoms with Crippen molar-refractivity contribution >= 4 is 10.0 Å². The van der Waals surface area contributed by atoms with Gasteiger partial charge in [-0.05, 0) is 36.6 Å². The Kier molecular flexibility index (Phi) is 5.12. The molecule has 2 N–H and O–H groups in total. The zero-order valence-corrected chi connectivity index (χ0v) is 13.2. The van der Waals surface area contributed by atoms with Crippen LogP contribution in [0.4, 0.5) is 0 Å². The molecule has 0 heterocycles.